The molecule has 2 N–H and O–H groups in total. The molecule has 1 aliphatic carbocycles. The van der Waals surface area contributed by atoms with Crippen LogP contribution in [0.4, 0.5) is 14.9 Å². The van der Waals surface area contributed by atoms with Gasteiger partial charge in [-0.05, 0) is 84.3 Å². The Balaban J connectivity index is 1.42. The van der Waals surface area contributed by atoms with Gasteiger partial charge < -0.3 is 20.4 Å². The summed E-state index contributed by atoms with van der Waals surface area (Å²) in [7, 11) is 5.71. The fourth-order valence-electron chi connectivity index (χ4n) is 6.17. The molecule has 3 amide bonds. The molecule has 1 aliphatic rings. The Morgan fingerprint density at radius 2 is 1.86 bits per heavy atom. The van der Waals surface area contributed by atoms with Crippen LogP contribution in [-0.4, -0.2) is 81.2 Å². The van der Waals surface area contributed by atoms with Gasteiger partial charge in [-0.25, -0.2) is 13.9 Å². The number of anilines is 1. The minimum absolute atomic E-state index is 0.0244. The third kappa shape index (κ3) is 8.34. The van der Waals surface area contributed by atoms with Gasteiger partial charge in [0.05, 0.1) is 0 Å². The van der Waals surface area contributed by atoms with Crippen LogP contribution < -0.4 is 10.6 Å². The Morgan fingerprint density at radius 3 is 2.52 bits per heavy atom. The van der Waals surface area contributed by atoms with Gasteiger partial charge in [-0.2, -0.15) is 0 Å². The fraction of sp³-hybridized carbons (Fsp3) is 0.516. The fourth-order valence-corrected chi connectivity index (χ4v) is 6.17. The molecule has 1 saturated carbocycles. The Labute approximate surface area is 247 Å². The molecule has 226 valence electrons. The number of carbonyl (C=O) groups excluding carboxylic acids is 2. The van der Waals surface area contributed by atoms with Crippen LogP contribution in [0.15, 0.2) is 48.5 Å². The zero-order valence-electron chi connectivity index (χ0n) is 25.5. The summed E-state index contributed by atoms with van der Waals surface area (Å²) in [5, 5.41) is 17.8. The summed E-state index contributed by atoms with van der Waals surface area (Å²) >= 11 is 0. The highest BCUT2D eigenvalue weighted by atomic mass is 19.1. The third-order valence-electron chi connectivity index (χ3n) is 8.17. The number of hydrogen-bond donors (Lipinski definition) is 2. The lowest BCUT2D eigenvalue weighted by molar-refractivity contribution is -0.130. The zero-order chi connectivity index (χ0) is 30.4. The number of aryl methyl sites for hydroxylation is 1. The van der Waals surface area contributed by atoms with Crippen molar-refractivity contribution in [1.82, 2.24) is 35.3 Å². The van der Waals surface area contributed by atoms with Gasteiger partial charge in [0.1, 0.15) is 5.82 Å². The summed E-state index contributed by atoms with van der Waals surface area (Å²) < 4.78 is 15.0. The Kier molecular flexibility index (Phi) is 9.93. The molecular weight excluding hydrogens is 535 g/mol. The molecule has 3 aromatic rings. The van der Waals surface area contributed by atoms with Crippen LogP contribution in [0.2, 0.25) is 0 Å². The van der Waals surface area contributed by atoms with Crippen molar-refractivity contribution in [1.29, 1.82) is 0 Å². The highest BCUT2D eigenvalue weighted by Crippen LogP contribution is 2.30. The summed E-state index contributed by atoms with van der Waals surface area (Å²) in [6.07, 6.45) is 3.30. The Hall–Kier alpha value is -3.86. The molecule has 0 saturated heterocycles. The van der Waals surface area contributed by atoms with E-state index in [0.717, 1.165) is 43.5 Å². The van der Waals surface area contributed by atoms with E-state index in [1.807, 2.05) is 43.4 Å². The van der Waals surface area contributed by atoms with Crippen LogP contribution in [0.3, 0.4) is 0 Å². The van der Waals surface area contributed by atoms with Gasteiger partial charge in [0.25, 0.3) is 0 Å². The van der Waals surface area contributed by atoms with Crippen molar-refractivity contribution in [3.63, 3.8) is 0 Å². The van der Waals surface area contributed by atoms with Crippen molar-refractivity contribution in [2.45, 2.75) is 58.5 Å². The second-order valence-electron chi connectivity index (χ2n) is 12.4. The standard InChI is InChI=1S/C31H43FN8O2/c1-21(41)39(5)27-15-12-24(19-38(4)20-31(2,3)18-22-10-13-25(32)14-11-22)28(17-27)34-30(42)33-26-9-7-8-23(16-26)29-35-36-37-40(29)6/h7-11,13-14,16,24,27-28H,12,15,17-20H2,1-6H3,(H2,33,34,42)/t24-,27+,28+/m0/s1. The van der Waals surface area contributed by atoms with E-state index >= 15 is 0 Å². The van der Waals surface area contributed by atoms with Gasteiger partial charge >= 0.3 is 6.03 Å². The summed E-state index contributed by atoms with van der Waals surface area (Å²) in [4.78, 5) is 29.5. The number of hydrogen-bond acceptors (Lipinski definition) is 6. The second-order valence-corrected chi connectivity index (χ2v) is 12.4. The predicted molar refractivity (Wildman–Crippen MR) is 161 cm³/mol. The first-order valence-corrected chi connectivity index (χ1v) is 14.5. The zero-order valence-corrected chi connectivity index (χ0v) is 25.5. The van der Waals surface area contributed by atoms with Gasteiger partial charge in [0.15, 0.2) is 5.82 Å². The molecule has 2 aromatic carbocycles. The van der Waals surface area contributed by atoms with Crippen LogP contribution in [0.1, 0.15) is 45.6 Å². The number of nitrogens with zero attached hydrogens (tertiary/aromatic N) is 6. The van der Waals surface area contributed by atoms with E-state index in [9.17, 15) is 14.0 Å². The third-order valence-corrected chi connectivity index (χ3v) is 8.17. The topological polar surface area (TPSA) is 108 Å². The van der Waals surface area contributed by atoms with Crippen molar-refractivity contribution in [3.05, 3.63) is 59.9 Å². The van der Waals surface area contributed by atoms with Crippen LogP contribution in [0.5, 0.6) is 0 Å². The molecule has 0 radical (unpaired) electrons. The molecule has 42 heavy (non-hydrogen) atoms. The van der Waals surface area contributed by atoms with E-state index in [2.05, 4.69) is 52.0 Å². The monoisotopic (exact) mass is 578 g/mol. The van der Waals surface area contributed by atoms with Crippen molar-refractivity contribution in [2.24, 2.45) is 18.4 Å². The Bertz CT molecular complexity index is 1360. The van der Waals surface area contributed by atoms with E-state index in [1.165, 1.54) is 12.1 Å². The molecule has 10 nitrogen and oxygen atoms in total. The number of rotatable bonds is 10. The maximum Gasteiger partial charge on any atom is 0.319 e. The molecule has 0 bridgehead atoms. The van der Waals surface area contributed by atoms with E-state index in [4.69, 9.17) is 0 Å². The number of amides is 3. The van der Waals surface area contributed by atoms with Crippen molar-refractivity contribution < 1.29 is 14.0 Å². The first-order valence-electron chi connectivity index (χ1n) is 14.5. The second kappa shape index (κ2) is 13.4. The van der Waals surface area contributed by atoms with Crippen molar-refractivity contribution in [3.8, 4) is 11.4 Å². The lowest BCUT2D eigenvalue weighted by atomic mass is 9.80. The van der Waals surface area contributed by atoms with Crippen LogP contribution >= 0.6 is 0 Å². The van der Waals surface area contributed by atoms with E-state index < -0.39 is 0 Å². The van der Waals surface area contributed by atoms with Crippen LogP contribution in [-0.2, 0) is 18.3 Å². The minimum atomic E-state index is -0.288. The van der Waals surface area contributed by atoms with Crippen LogP contribution in [0.25, 0.3) is 11.4 Å². The molecule has 4 rings (SSSR count). The number of nitrogens with one attached hydrogen (secondary N) is 2. The molecule has 11 heteroatoms. The van der Waals surface area contributed by atoms with Gasteiger partial charge in [-0.3, -0.25) is 4.79 Å². The number of aromatic nitrogens is 4. The molecule has 0 unspecified atom stereocenters. The normalized spacial score (nSPS) is 19.0. The summed E-state index contributed by atoms with van der Waals surface area (Å²) in [6, 6.07) is 13.8. The molecule has 0 spiro atoms. The summed E-state index contributed by atoms with van der Waals surface area (Å²) in [5.41, 5.74) is 2.52. The lowest BCUT2D eigenvalue weighted by Gasteiger charge is -2.42. The van der Waals surface area contributed by atoms with Gasteiger partial charge in [-0.1, -0.05) is 38.1 Å². The molecule has 1 aromatic heterocycles. The quantitative estimate of drug-likeness (QED) is 0.370. The van der Waals surface area contributed by atoms with Gasteiger partial charge in [0.2, 0.25) is 5.91 Å². The van der Waals surface area contributed by atoms with Gasteiger partial charge in [0, 0.05) is 57.4 Å². The first kappa shape index (κ1) is 31.1. The smallest absolute Gasteiger partial charge is 0.319 e. The van der Waals surface area contributed by atoms with Gasteiger partial charge in [-0.15, -0.1) is 5.10 Å². The highest BCUT2D eigenvalue weighted by molar-refractivity contribution is 5.90. The minimum Gasteiger partial charge on any atom is -0.343 e. The number of benzene rings is 2. The average Bonchev–Trinajstić information content (AvgIpc) is 3.36. The molecule has 1 fully saturated rings. The maximum absolute atomic E-state index is 13.4. The van der Waals surface area contributed by atoms with Crippen molar-refractivity contribution >= 4 is 17.6 Å². The SMILES string of the molecule is CC(=O)N(C)[C@@H]1CC[C@@H](CN(C)CC(C)(C)Cc2ccc(F)cc2)[C@H](NC(=O)Nc2cccc(-c3nnnn3C)c2)C1. The average molecular weight is 579 g/mol. The molecule has 0 aliphatic heterocycles. The molecule has 3 atom stereocenters. The first-order chi connectivity index (χ1) is 19.9. The highest BCUT2D eigenvalue weighted by Gasteiger charge is 2.35. The lowest BCUT2D eigenvalue weighted by Crippen LogP contribution is -2.53. The van der Waals surface area contributed by atoms with E-state index in [-0.39, 0.29) is 41.2 Å². The van der Waals surface area contributed by atoms with Crippen molar-refractivity contribution in [2.75, 3.05) is 32.5 Å². The van der Waals surface area contributed by atoms with E-state index in [1.54, 1.807) is 23.6 Å². The summed E-state index contributed by atoms with van der Waals surface area (Å²) in [6.45, 7) is 7.68. The van der Waals surface area contributed by atoms with E-state index in [0.29, 0.717) is 17.9 Å². The van der Waals surface area contributed by atoms with Crippen LogP contribution in [0, 0.1) is 17.2 Å². The number of carbonyl (C=O) groups is 2. The molecule has 1 heterocycles. The molecular formula is C31H43FN8O2. The number of halogens is 1. The maximum atomic E-state index is 13.4. The predicted octanol–water partition coefficient (Wildman–Crippen LogP) is 4.35. The largest absolute Gasteiger partial charge is 0.343 e. The summed E-state index contributed by atoms with van der Waals surface area (Å²) in [5.74, 6) is 0.621. The number of urea groups is 1. The number of tetrazole rings is 1. The Morgan fingerprint density at radius 1 is 1.12 bits per heavy atom.